The Bertz CT molecular complexity index is 434. The number of sulfone groups is 1. The predicted molar refractivity (Wildman–Crippen MR) is 52.9 cm³/mol. The summed E-state index contributed by atoms with van der Waals surface area (Å²) < 4.78 is 25.2. The summed E-state index contributed by atoms with van der Waals surface area (Å²) in [5.74, 6) is 1.07. The lowest BCUT2D eigenvalue weighted by atomic mass is 10.2. The second-order valence-corrected chi connectivity index (χ2v) is 5.75. The zero-order valence-corrected chi connectivity index (χ0v) is 9.05. The molecule has 0 bridgehead atoms. The number of aromatic nitrogens is 2. The average Bonchev–Trinajstić information content (AvgIpc) is 2.61. The molecule has 2 heterocycles. The highest BCUT2D eigenvalue weighted by atomic mass is 32.2. The molecule has 0 unspecified atom stereocenters. The van der Waals surface area contributed by atoms with Crippen LogP contribution in [0.15, 0.2) is 11.2 Å². The number of imidazole rings is 1. The molecular formula is C9H14N2O2S. The van der Waals surface area contributed by atoms with E-state index >= 15 is 0 Å². The van der Waals surface area contributed by atoms with E-state index in [1.165, 1.54) is 6.20 Å². The number of hydrogen-bond acceptors (Lipinski definition) is 3. The van der Waals surface area contributed by atoms with Crippen LogP contribution < -0.4 is 0 Å². The van der Waals surface area contributed by atoms with Crippen molar-refractivity contribution in [1.82, 2.24) is 9.55 Å². The van der Waals surface area contributed by atoms with Gasteiger partial charge in [0.2, 0.25) is 0 Å². The number of rotatable bonds is 2. The highest BCUT2D eigenvalue weighted by Gasteiger charge is 2.22. The third kappa shape index (κ3) is 1.45. The van der Waals surface area contributed by atoms with Gasteiger partial charge in [-0.25, -0.2) is 13.4 Å². The zero-order chi connectivity index (χ0) is 10.2. The van der Waals surface area contributed by atoms with Gasteiger partial charge in [-0.15, -0.1) is 0 Å². The van der Waals surface area contributed by atoms with E-state index in [2.05, 4.69) is 4.98 Å². The van der Waals surface area contributed by atoms with Crippen LogP contribution in [0.1, 0.15) is 25.6 Å². The van der Waals surface area contributed by atoms with Crippen molar-refractivity contribution in [3.63, 3.8) is 0 Å². The van der Waals surface area contributed by atoms with E-state index in [-0.39, 0.29) is 5.75 Å². The molecule has 0 aliphatic carbocycles. The largest absolute Gasteiger partial charge is 0.319 e. The van der Waals surface area contributed by atoms with E-state index in [9.17, 15) is 8.42 Å². The molecule has 0 amide bonds. The molecule has 14 heavy (non-hydrogen) atoms. The van der Waals surface area contributed by atoms with Gasteiger partial charge in [0.15, 0.2) is 14.9 Å². The standard InChI is InChI=1S/C9H14N2O2S/c1-2-14(12,13)9-7-10-8-5-3-4-6-11(8)9/h7H,2-6H2,1H3. The molecular weight excluding hydrogens is 200 g/mol. The maximum absolute atomic E-state index is 11.7. The Morgan fingerprint density at radius 1 is 1.50 bits per heavy atom. The van der Waals surface area contributed by atoms with Crippen LogP contribution in [0, 0.1) is 0 Å². The first kappa shape index (κ1) is 9.71. The number of nitrogens with zero attached hydrogens (tertiary/aromatic N) is 2. The maximum atomic E-state index is 11.7. The van der Waals surface area contributed by atoms with Crippen molar-refractivity contribution in [3.8, 4) is 0 Å². The van der Waals surface area contributed by atoms with Crippen molar-refractivity contribution in [2.24, 2.45) is 0 Å². The Hall–Kier alpha value is -0.840. The summed E-state index contributed by atoms with van der Waals surface area (Å²) in [6.45, 7) is 2.46. The Labute approximate surface area is 83.9 Å². The molecule has 0 atom stereocenters. The van der Waals surface area contributed by atoms with Crippen molar-refractivity contribution >= 4 is 9.84 Å². The Morgan fingerprint density at radius 2 is 2.29 bits per heavy atom. The van der Waals surface area contributed by atoms with Crippen molar-refractivity contribution in [2.45, 2.75) is 37.8 Å². The van der Waals surface area contributed by atoms with Crippen molar-refractivity contribution in [1.29, 1.82) is 0 Å². The predicted octanol–water partition coefficient (Wildman–Crippen LogP) is 1.01. The minimum Gasteiger partial charge on any atom is -0.319 e. The summed E-state index contributed by atoms with van der Waals surface area (Å²) >= 11 is 0. The fraction of sp³-hybridized carbons (Fsp3) is 0.667. The molecule has 78 valence electrons. The fourth-order valence-corrected chi connectivity index (χ4v) is 2.83. The first-order valence-corrected chi connectivity index (χ1v) is 6.57. The van der Waals surface area contributed by atoms with Gasteiger partial charge in [-0.1, -0.05) is 6.92 Å². The van der Waals surface area contributed by atoms with Crippen LogP contribution in [0.4, 0.5) is 0 Å². The molecule has 4 nitrogen and oxygen atoms in total. The minimum atomic E-state index is -3.10. The molecule has 0 fully saturated rings. The molecule has 0 saturated carbocycles. The fourth-order valence-electron chi connectivity index (χ4n) is 1.78. The quantitative estimate of drug-likeness (QED) is 0.738. The van der Waals surface area contributed by atoms with Crippen LogP contribution in [-0.2, 0) is 22.8 Å². The van der Waals surface area contributed by atoms with Gasteiger partial charge in [0, 0.05) is 13.0 Å². The topological polar surface area (TPSA) is 52.0 Å². The molecule has 5 heteroatoms. The van der Waals surface area contributed by atoms with Crippen LogP contribution in [-0.4, -0.2) is 23.7 Å². The van der Waals surface area contributed by atoms with Gasteiger partial charge in [-0.3, -0.25) is 0 Å². The van der Waals surface area contributed by atoms with Gasteiger partial charge in [-0.05, 0) is 12.8 Å². The van der Waals surface area contributed by atoms with Crippen LogP contribution in [0.5, 0.6) is 0 Å². The highest BCUT2D eigenvalue weighted by molar-refractivity contribution is 7.91. The van der Waals surface area contributed by atoms with Crippen molar-refractivity contribution < 1.29 is 8.42 Å². The molecule has 1 aliphatic heterocycles. The summed E-state index contributed by atoms with van der Waals surface area (Å²) in [6, 6.07) is 0. The van der Waals surface area contributed by atoms with Gasteiger partial charge in [0.1, 0.15) is 5.82 Å². The van der Waals surface area contributed by atoms with Crippen molar-refractivity contribution in [3.05, 3.63) is 12.0 Å². The lowest BCUT2D eigenvalue weighted by Gasteiger charge is -2.15. The third-order valence-electron chi connectivity index (χ3n) is 2.63. The van der Waals surface area contributed by atoms with E-state index < -0.39 is 9.84 Å². The smallest absolute Gasteiger partial charge is 0.195 e. The monoisotopic (exact) mass is 214 g/mol. The molecule has 0 saturated heterocycles. The third-order valence-corrected chi connectivity index (χ3v) is 4.36. The molecule has 0 spiro atoms. The molecule has 0 radical (unpaired) electrons. The number of hydrogen-bond donors (Lipinski definition) is 0. The van der Waals surface area contributed by atoms with E-state index in [0.29, 0.717) is 5.03 Å². The second-order valence-electron chi connectivity index (χ2n) is 3.52. The summed E-state index contributed by atoms with van der Waals surface area (Å²) in [5.41, 5.74) is 0. The minimum absolute atomic E-state index is 0.151. The van der Waals surface area contributed by atoms with E-state index in [4.69, 9.17) is 0 Å². The highest BCUT2D eigenvalue weighted by Crippen LogP contribution is 2.20. The molecule has 1 aromatic heterocycles. The maximum Gasteiger partial charge on any atom is 0.195 e. The van der Waals surface area contributed by atoms with Crippen molar-refractivity contribution in [2.75, 3.05) is 5.75 Å². The summed E-state index contributed by atoms with van der Waals surface area (Å²) in [5, 5.41) is 0.398. The molecule has 1 aliphatic rings. The van der Waals surface area contributed by atoms with Gasteiger partial charge in [0.25, 0.3) is 0 Å². The van der Waals surface area contributed by atoms with Crippen LogP contribution >= 0.6 is 0 Å². The first-order valence-electron chi connectivity index (χ1n) is 4.92. The Morgan fingerprint density at radius 3 is 3.00 bits per heavy atom. The van der Waals surface area contributed by atoms with E-state index in [1.54, 1.807) is 6.92 Å². The second kappa shape index (κ2) is 3.38. The Kier molecular flexibility index (Phi) is 2.34. The summed E-state index contributed by atoms with van der Waals surface area (Å²) in [4.78, 5) is 4.15. The van der Waals surface area contributed by atoms with Crippen LogP contribution in [0.2, 0.25) is 0 Å². The summed E-state index contributed by atoms with van der Waals surface area (Å²) in [7, 11) is -3.10. The van der Waals surface area contributed by atoms with Crippen LogP contribution in [0.3, 0.4) is 0 Å². The molecule has 2 rings (SSSR count). The average molecular weight is 214 g/mol. The SMILES string of the molecule is CCS(=O)(=O)c1cnc2n1CCCC2. The van der Waals surface area contributed by atoms with Crippen LogP contribution in [0.25, 0.3) is 0 Å². The first-order chi connectivity index (χ1) is 6.65. The van der Waals surface area contributed by atoms with Gasteiger partial charge in [0.05, 0.1) is 11.9 Å². The lowest BCUT2D eigenvalue weighted by Crippen LogP contribution is -2.16. The number of aryl methyl sites for hydroxylation is 1. The number of fused-ring (bicyclic) bond motifs is 1. The summed E-state index contributed by atoms with van der Waals surface area (Å²) in [6.07, 6.45) is 4.57. The van der Waals surface area contributed by atoms with E-state index in [1.807, 2.05) is 4.57 Å². The van der Waals surface area contributed by atoms with E-state index in [0.717, 1.165) is 31.6 Å². The zero-order valence-electron chi connectivity index (χ0n) is 8.23. The molecule has 1 aromatic rings. The lowest BCUT2D eigenvalue weighted by molar-refractivity contribution is 0.487. The molecule has 0 aromatic carbocycles. The Balaban J connectivity index is 2.50. The van der Waals surface area contributed by atoms with Gasteiger partial charge in [-0.2, -0.15) is 0 Å². The molecule has 0 N–H and O–H groups in total. The van der Waals surface area contributed by atoms with Gasteiger partial charge < -0.3 is 4.57 Å². The normalized spacial score (nSPS) is 16.6. The van der Waals surface area contributed by atoms with Gasteiger partial charge >= 0.3 is 0 Å².